The molecule has 28 heavy (non-hydrogen) atoms. The van der Waals surface area contributed by atoms with E-state index >= 15 is 0 Å². The molecule has 2 aromatic rings. The fourth-order valence-electron chi connectivity index (χ4n) is 3.60. The lowest BCUT2D eigenvalue weighted by atomic mass is 10.00. The minimum Gasteiger partial charge on any atom is -0.396 e. The highest BCUT2D eigenvalue weighted by Crippen LogP contribution is 2.33. The number of aliphatic hydroxyl groups excluding tert-OH is 1. The van der Waals surface area contributed by atoms with Crippen LogP contribution in [0.1, 0.15) is 29.4 Å². The van der Waals surface area contributed by atoms with Crippen LogP contribution in [0.4, 0.5) is 5.82 Å². The van der Waals surface area contributed by atoms with Crippen LogP contribution in [0.5, 0.6) is 0 Å². The van der Waals surface area contributed by atoms with Crippen LogP contribution in [0.3, 0.4) is 0 Å². The first-order chi connectivity index (χ1) is 13.3. The monoisotopic (exact) mass is 383 g/mol. The number of rotatable bonds is 5. The van der Waals surface area contributed by atoms with Gasteiger partial charge in [-0.2, -0.15) is 0 Å². The number of H-pyrrole nitrogens is 1. The molecule has 9 nitrogen and oxygen atoms in total. The first kappa shape index (κ1) is 19.3. The van der Waals surface area contributed by atoms with Crippen molar-refractivity contribution in [3.63, 3.8) is 0 Å². The number of nitrogens with zero attached hydrogens (tertiary/aromatic N) is 2. The molecule has 146 valence electrons. The summed E-state index contributed by atoms with van der Waals surface area (Å²) in [4.78, 5) is 45.9. The van der Waals surface area contributed by atoms with Gasteiger partial charge in [0, 0.05) is 32.3 Å². The maximum Gasteiger partial charge on any atom is 0.269 e. The Labute approximate surface area is 160 Å². The zero-order valence-corrected chi connectivity index (χ0v) is 15.6. The van der Waals surface area contributed by atoms with Crippen LogP contribution in [0, 0.1) is 0 Å². The molecule has 1 unspecified atom stereocenters. The molecule has 1 saturated heterocycles. The normalized spacial score (nSPS) is 21.0. The maximum absolute atomic E-state index is 13.1. The standard InChI is InChI=1S/C19H21N5O4/c1-4-19(5-6-25)23-18(28)16(24(19)3)10(2)15-13(9-26)22-12-7-14(20)21-8-11(12)17(15)27/h4,7-9,25H,1,5-6H2,2-3H3,(H2,20,21)(H,22,27)(H,23,28)/b16-10-. The highest BCUT2D eigenvalue weighted by atomic mass is 16.3. The molecule has 1 fully saturated rings. The highest BCUT2D eigenvalue weighted by Gasteiger charge is 2.44. The molecule has 0 spiro atoms. The molecule has 1 aliphatic rings. The van der Waals surface area contributed by atoms with Crippen molar-refractivity contribution in [1.29, 1.82) is 0 Å². The van der Waals surface area contributed by atoms with E-state index in [4.69, 9.17) is 5.73 Å². The topological polar surface area (TPSA) is 141 Å². The van der Waals surface area contributed by atoms with Crippen LogP contribution in [0.2, 0.25) is 0 Å². The number of carbonyl (C=O) groups is 2. The van der Waals surface area contributed by atoms with Gasteiger partial charge in [-0.3, -0.25) is 14.4 Å². The van der Waals surface area contributed by atoms with Gasteiger partial charge >= 0.3 is 0 Å². The van der Waals surface area contributed by atoms with E-state index < -0.39 is 17.0 Å². The Balaban J connectivity index is 2.30. The van der Waals surface area contributed by atoms with E-state index in [1.54, 1.807) is 18.9 Å². The number of aliphatic hydroxyl groups is 1. The number of hydrogen-bond donors (Lipinski definition) is 4. The zero-order chi connectivity index (χ0) is 20.6. The van der Waals surface area contributed by atoms with Gasteiger partial charge in [0.05, 0.1) is 22.2 Å². The van der Waals surface area contributed by atoms with E-state index in [0.717, 1.165) is 0 Å². The number of nitrogen functional groups attached to an aromatic ring is 1. The maximum atomic E-state index is 13.1. The molecule has 1 atom stereocenters. The second-order valence-corrected chi connectivity index (χ2v) is 6.60. The molecule has 9 heteroatoms. The number of aromatic amines is 1. The largest absolute Gasteiger partial charge is 0.396 e. The van der Waals surface area contributed by atoms with E-state index in [-0.39, 0.29) is 41.2 Å². The van der Waals surface area contributed by atoms with E-state index in [1.165, 1.54) is 18.3 Å². The van der Waals surface area contributed by atoms with Gasteiger partial charge in [0.25, 0.3) is 5.91 Å². The third-order valence-electron chi connectivity index (χ3n) is 5.09. The highest BCUT2D eigenvalue weighted by molar-refractivity contribution is 6.05. The van der Waals surface area contributed by atoms with Crippen LogP contribution in [0.25, 0.3) is 16.5 Å². The van der Waals surface area contributed by atoms with Crippen LogP contribution in [0.15, 0.2) is 35.4 Å². The molecule has 0 aliphatic carbocycles. The summed E-state index contributed by atoms with van der Waals surface area (Å²) in [5.74, 6) is -0.224. The summed E-state index contributed by atoms with van der Waals surface area (Å²) >= 11 is 0. The zero-order valence-electron chi connectivity index (χ0n) is 15.6. The van der Waals surface area contributed by atoms with E-state index in [1.807, 2.05) is 0 Å². The average molecular weight is 383 g/mol. The van der Waals surface area contributed by atoms with E-state index in [2.05, 4.69) is 21.9 Å². The predicted molar refractivity (Wildman–Crippen MR) is 105 cm³/mol. The lowest BCUT2D eigenvalue weighted by molar-refractivity contribution is -0.116. The van der Waals surface area contributed by atoms with Crippen molar-refractivity contribution in [3.8, 4) is 0 Å². The van der Waals surface area contributed by atoms with Gasteiger partial charge in [-0.1, -0.05) is 6.58 Å². The summed E-state index contributed by atoms with van der Waals surface area (Å²) in [6.07, 6.45) is 3.60. The lowest BCUT2D eigenvalue weighted by Gasteiger charge is -2.33. The Morgan fingerprint density at radius 2 is 2.18 bits per heavy atom. The Bertz CT molecular complexity index is 1090. The molecular weight excluding hydrogens is 362 g/mol. The molecule has 3 rings (SSSR count). The second kappa shape index (κ2) is 6.93. The van der Waals surface area contributed by atoms with Crippen molar-refractivity contribution in [2.24, 2.45) is 0 Å². The van der Waals surface area contributed by atoms with Gasteiger partial charge in [-0.25, -0.2) is 4.98 Å². The Hall–Kier alpha value is -3.46. The molecule has 3 heterocycles. The Morgan fingerprint density at radius 1 is 1.46 bits per heavy atom. The number of pyridine rings is 2. The molecule has 5 N–H and O–H groups in total. The summed E-state index contributed by atoms with van der Waals surface area (Å²) in [6, 6.07) is 1.47. The molecule has 1 aliphatic heterocycles. The van der Waals surface area contributed by atoms with Gasteiger partial charge < -0.3 is 26.0 Å². The summed E-state index contributed by atoms with van der Waals surface area (Å²) in [7, 11) is 1.66. The Morgan fingerprint density at radius 3 is 2.79 bits per heavy atom. The van der Waals surface area contributed by atoms with Crippen molar-refractivity contribution >= 4 is 34.5 Å². The summed E-state index contributed by atoms with van der Waals surface area (Å²) in [5, 5.41) is 12.4. The number of nitrogens with one attached hydrogen (secondary N) is 2. The minimum absolute atomic E-state index is 0.0348. The van der Waals surface area contributed by atoms with Crippen LogP contribution >= 0.6 is 0 Å². The van der Waals surface area contributed by atoms with E-state index in [0.29, 0.717) is 17.4 Å². The SMILES string of the molecule is C=CC1(CCO)NC(=O)/C(=C(\C)c2c(C=O)[nH]c3cc(N)ncc3c2=O)N1C. The number of aromatic nitrogens is 2. The predicted octanol–water partition coefficient (Wildman–Crippen LogP) is 0.375. The molecular formula is C19H21N5O4. The van der Waals surface area contributed by atoms with Crippen LogP contribution in [-0.4, -0.2) is 51.5 Å². The van der Waals surface area contributed by atoms with E-state index in [9.17, 15) is 19.5 Å². The number of aldehydes is 1. The van der Waals surface area contributed by atoms with Crippen LogP contribution in [-0.2, 0) is 4.79 Å². The number of hydrogen-bond acceptors (Lipinski definition) is 7. The van der Waals surface area contributed by atoms with Crippen molar-refractivity contribution in [3.05, 3.63) is 52.1 Å². The Kier molecular flexibility index (Phi) is 4.78. The lowest BCUT2D eigenvalue weighted by Crippen LogP contribution is -2.49. The second-order valence-electron chi connectivity index (χ2n) is 6.60. The number of fused-ring (bicyclic) bond motifs is 1. The number of likely N-dealkylation sites (N-methyl/N-ethyl adjacent to an activating group) is 1. The molecule has 0 bridgehead atoms. The molecule has 1 amide bonds. The number of allylic oxidation sites excluding steroid dienone is 1. The van der Waals surface area contributed by atoms with Gasteiger partial charge in [0.2, 0.25) is 0 Å². The van der Waals surface area contributed by atoms with Gasteiger partial charge in [0.1, 0.15) is 17.2 Å². The minimum atomic E-state index is -0.983. The number of carbonyl (C=O) groups excluding carboxylic acids is 2. The number of nitrogens with two attached hydrogens (primary N) is 1. The van der Waals surface area contributed by atoms with Gasteiger partial charge in [-0.15, -0.1) is 0 Å². The summed E-state index contributed by atoms with van der Waals surface area (Å²) < 4.78 is 0. The summed E-state index contributed by atoms with van der Waals surface area (Å²) in [5.41, 5.74) is 5.26. The molecule has 0 aromatic carbocycles. The summed E-state index contributed by atoms with van der Waals surface area (Å²) in [6.45, 7) is 5.17. The molecule has 2 aromatic heterocycles. The van der Waals surface area contributed by atoms with Gasteiger partial charge in [-0.05, 0) is 18.6 Å². The third kappa shape index (κ3) is 2.76. The fraction of sp³-hybridized carbons (Fsp3) is 0.263. The first-order valence-corrected chi connectivity index (χ1v) is 8.58. The number of amides is 1. The number of anilines is 1. The first-order valence-electron chi connectivity index (χ1n) is 8.58. The quantitative estimate of drug-likeness (QED) is 0.332. The van der Waals surface area contributed by atoms with Gasteiger partial charge in [0.15, 0.2) is 11.7 Å². The average Bonchev–Trinajstić information content (AvgIpc) is 2.91. The van der Waals surface area contributed by atoms with Crippen LogP contribution < -0.4 is 16.5 Å². The molecule has 0 saturated carbocycles. The molecule has 0 radical (unpaired) electrons. The van der Waals surface area contributed by atoms with Crippen molar-refractivity contribution in [1.82, 2.24) is 20.2 Å². The van der Waals surface area contributed by atoms with Crippen molar-refractivity contribution in [2.45, 2.75) is 19.0 Å². The van der Waals surface area contributed by atoms with Crippen molar-refractivity contribution < 1.29 is 14.7 Å². The third-order valence-corrected chi connectivity index (χ3v) is 5.09. The smallest absolute Gasteiger partial charge is 0.269 e. The van der Waals surface area contributed by atoms with Crippen molar-refractivity contribution in [2.75, 3.05) is 19.4 Å². The fourth-order valence-corrected chi connectivity index (χ4v) is 3.60.